The summed E-state index contributed by atoms with van der Waals surface area (Å²) in [5.74, 6) is 0.976. The van der Waals surface area contributed by atoms with Crippen molar-refractivity contribution in [2.75, 3.05) is 7.11 Å². The second-order valence-corrected chi connectivity index (χ2v) is 4.08. The van der Waals surface area contributed by atoms with Crippen molar-refractivity contribution in [2.45, 2.75) is 32.3 Å². The fourth-order valence-corrected chi connectivity index (χ4v) is 2.28. The van der Waals surface area contributed by atoms with E-state index in [1.807, 2.05) is 12.1 Å². The number of hydrogen-bond donors (Lipinski definition) is 0. The largest absolute Gasteiger partial charge is 0.490 e. The molecule has 1 aliphatic heterocycles. The molecule has 1 aliphatic rings. The van der Waals surface area contributed by atoms with Gasteiger partial charge in [-0.15, -0.1) is 0 Å². The molecule has 0 radical (unpaired) electrons. The van der Waals surface area contributed by atoms with Crippen LogP contribution in [0.4, 0.5) is 0 Å². The van der Waals surface area contributed by atoms with Crippen LogP contribution in [0, 0.1) is 0 Å². The Kier molecular flexibility index (Phi) is 2.86. The summed E-state index contributed by atoms with van der Waals surface area (Å²) in [6.07, 6.45) is 1.20. The minimum Gasteiger partial charge on any atom is -0.490 e. The lowest BCUT2D eigenvalue weighted by Gasteiger charge is -2.11. The van der Waals surface area contributed by atoms with Gasteiger partial charge in [-0.25, -0.2) is 4.79 Å². The number of rotatable bonds is 2. The van der Waals surface area contributed by atoms with Crippen molar-refractivity contribution >= 4 is 5.97 Å². The second kappa shape index (κ2) is 4.16. The topological polar surface area (TPSA) is 35.5 Å². The van der Waals surface area contributed by atoms with Gasteiger partial charge in [0, 0.05) is 11.5 Å². The predicted molar refractivity (Wildman–Crippen MR) is 60.9 cm³/mol. The first-order chi connectivity index (χ1) is 7.67. The van der Waals surface area contributed by atoms with E-state index in [9.17, 15) is 4.79 Å². The van der Waals surface area contributed by atoms with Crippen LogP contribution in [0.1, 0.15) is 42.1 Å². The average Bonchev–Trinajstić information content (AvgIpc) is 2.62. The Morgan fingerprint density at radius 2 is 2.25 bits per heavy atom. The Morgan fingerprint density at radius 3 is 2.88 bits per heavy atom. The van der Waals surface area contributed by atoms with Crippen LogP contribution in [0.3, 0.4) is 0 Å². The Balaban J connectivity index is 2.39. The van der Waals surface area contributed by atoms with Crippen LogP contribution in [-0.2, 0) is 4.74 Å². The first-order valence-corrected chi connectivity index (χ1v) is 5.56. The monoisotopic (exact) mass is 220 g/mol. The molecular weight excluding hydrogens is 204 g/mol. The molecule has 0 saturated heterocycles. The summed E-state index contributed by atoms with van der Waals surface area (Å²) in [5, 5.41) is 0. The van der Waals surface area contributed by atoms with Gasteiger partial charge in [0.05, 0.1) is 12.7 Å². The number of methoxy groups -OCH3 is 1. The lowest BCUT2D eigenvalue weighted by atomic mass is 9.92. The van der Waals surface area contributed by atoms with Crippen molar-refractivity contribution < 1.29 is 14.3 Å². The molecule has 1 heterocycles. The Morgan fingerprint density at radius 1 is 1.50 bits per heavy atom. The molecule has 2 rings (SSSR count). The molecule has 0 spiro atoms. The van der Waals surface area contributed by atoms with Gasteiger partial charge in [0.15, 0.2) is 0 Å². The Labute approximate surface area is 95.4 Å². The number of hydrogen-bond acceptors (Lipinski definition) is 3. The van der Waals surface area contributed by atoms with Gasteiger partial charge in [-0.1, -0.05) is 6.92 Å². The molecule has 1 aromatic carbocycles. The zero-order chi connectivity index (χ0) is 11.7. The van der Waals surface area contributed by atoms with Gasteiger partial charge >= 0.3 is 5.97 Å². The van der Waals surface area contributed by atoms with Crippen molar-refractivity contribution in [1.82, 2.24) is 0 Å². The van der Waals surface area contributed by atoms with Crippen LogP contribution < -0.4 is 4.74 Å². The standard InChI is InChI=1S/C13H16O3/c1-4-10-8(2)16-12-6-5-9(7-11(10)12)13(14)15-3/h5-8,10H,4H2,1-3H3. The highest BCUT2D eigenvalue weighted by atomic mass is 16.5. The van der Waals surface area contributed by atoms with Gasteiger partial charge in [0.1, 0.15) is 11.9 Å². The van der Waals surface area contributed by atoms with Crippen molar-refractivity contribution in [1.29, 1.82) is 0 Å². The molecular formula is C13H16O3. The maximum absolute atomic E-state index is 11.4. The molecule has 0 aliphatic carbocycles. The van der Waals surface area contributed by atoms with Gasteiger partial charge in [-0.3, -0.25) is 0 Å². The fraction of sp³-hybridized carbons (Fsp3) is 0.462. The third kappa shape index (κ3) is 1.66. The van der Waals surface area contributed by atoms with Crippen molar-refractivity contribution in [3.63, 3.8) is 0 Å². The summed E-state index contributed by atoms with van der Waals surface area (Å²) < 4.78 is 10.4. The van der Waals surface area contributed by atoms with Gasteiger partial charge in [-0.05, 0) is 31.5 Å². The lowest BCUT2D eigenvalue weighted by Crippen LogP contribution is -2.12. The average molecular weight is 220 g/mol. The maximum atomic E-state index is 11.4. The molecule has 0 amide bonds. The minimum absolute atomic E-state index is 0.188. The molecule has 1 aromatic rings. The number of ether oxygens (including phenoxy) is 2. The zero-order valence-electron chi connectivity index (χ0n) is 9.82. The van der Waals surface area contributed by atoms with E-state index in [1.54, 1.807) is 6.07 Å². The molecule has 0 N–H and O–H groups in total. The summed E-state index contributed by atoms with van der Waals surface area (Å²) >= 11 is 0. The van der Waals surface area contributed by atoms with Crippen molar-refractivity contribution in [3.05, 3.63) is 29.3 Å². The normalized spacial score (nSPS) is 22.4. The van der Waals surface area contributed by atoms with Gasteiger partial charge in [0.2, 0.25) is 0 Å². The predicted octanol–water partition coefficient (Wildman–Crippen LogP) is 2.75. The molecule has 16 heavy (non-hydrogen) atoms. The van der Waals surface area contributed by atoms with E-state index in [4.69, 9.17) is 9.47 Å². The van der Waals surface area contributed by atoms with E-state index in [0.29, 0.717) is 11.5 Å². The third-order valence-electron chi connectivity index (χ3n) is 3.15. The summed E-state index contributed by atoms with van der Waals surface area (Å²) in [5.41, 5.74) is 1.72. The van der Waals surface area contributed by atoms with Crippen molar-refractivity contribution in [2.24, 2.45) is 0 Å². The van der Waals surface area contributed by atoms with Gasteiger partial charge in [0.25, 0.3) is 0 Å². The van der Waals surface area contributed by atoms with Gasteiger partial charge < -0.3 is 9.47 Å². The summed E-state index contributed by atoms with van der Waals surface area (Å²) in [4.78, 5) is 11.4. The molecule has 0 fully saturated rings. The van der Waals surface area contributed by atoms with Crippen LogP contribution in [0.25, 0.3) is 0 Å². The molecule has 86 valence electrons. The van der Waals surface area contributed by atoms with Crippen LogP contribution >= 0.6 is 0 Å². The smallest absolute Gasteiger partial charge is 0.337 e. The molecule has 0 saturated carbocycles. The summed E-state index contributed by atoms with van der Waals surface area (Å²) in [6, 6.07) is 5.49. The quantitative estimate of drug-likeness (QED) is 0.719. The first-order valence-electron chi connectivity index (χ1n) is 5.56. The number of carbonyl (C=O) groups is 1. The Bertz CT molecular complexity index is 412. The first kappa shape index (κ1) is 11.0. The molecule has 3 heteroatoms. The summed E-state index contributed by atoms with van der Waals surface area (Å²) in [7, 11) is 1.39. The van der Waals surface area contributed by atoms with Crippen LogP contribution in [0.5, 0.6) is 5.75 Å². The summed E-state index contributed by atoms with van der Waals surface area (Å²) in [6.45, 7) is 4.19. The number of esters is 1. The number of carbonyl (C=O) groups excluding carboxylic acids is 1. The second-order valence-electron chi connectivity index (χ2n) is 4.08. The van der Waals surface area contributed by atoms with E-state index in [-0.39, 0.29) is 12.1 Å². The molecule has 0 aromatic heterocycles. The highest BCUT2D eigenvalue weighted by molar-refractivity contribution is 5.89. The highest BCUT2D eigenvalue weighted by Crippen LogP contribution is 2.40. The highest BCUT2D eigenvalue weighted by Gasteiger charge is 2.30. The Hall–Kier alpha value is -1.51. The zero-order valence-corrected chi connectivity index (χ0v) is 9.82. The molecule has 2 unspecified atom stereocenters. The van der Waals surface area contributed by atoms with Gasteiger partial charge in [-0.2, -0.15) is 0 Å². The molecule has 2 atom stereocenters. The maximum Gasteiger partial charge on any atom is 0.337 e. The SMILES string of the molecule is CCC1c2cc(C(=O)OC)ccc2OC1C. The number of fused-ring (bicyclic) bond motifs is 1. The van der Waals surface area contributed by atoms with E-state index in [0.717, 1.165) is 17.7 Å². The van der Waals surface area contributed by atoms with Crippen molar-refractivity contribution in [3.8, 4) is 5.75 Å². The van der Waals surface area contributed by atoms with Crippen LogP contribution in [-0.4, -0.2) is 19.2 Å². The van der Waals surface area contributed by atoms with E-state index in [2.05, 4.69) is 13.8 Å². The van der Waals surface area contributed by atoms with Crippen LogP contribution in [0.15, 0.2) is 18.2 Å². The van der Waals surface area contributed by atoms with E-state index in [1.165, 1.54) is 7.11 Å². The molecule has 0 bridgehead atoms. The number of benzene rings is 1. The fourth-order valence-electron chi connectivity index (χ4n) is 2.28. The van der Waals surface area contributed by atoms with E-state index < -0.39 is 0 Å². The van der Waals surface area contributed by atoms with Crippen LogP contribution in [0.2, 0.25) is 0 Å². The lowest BCUT2D eigenvalue weighted by molar-refractivity contribution is 0.0600. The molecule has 3 nitrogen and oxygen atoms in total. The van der Waals surface area contributed by atoms with E-state index >= 15 is 0 Å². The third-order valence-corrected chi connectivity index (χ3v) is 3.15. The minimum atomic E-state index is -0.294.